The van der Waals surface area contributed by atoms with Gasteiger partial charge in [0.15, 0.2) is 0 Å². The summed E-state index contributed by atoms with van der Waals surface area (Å²) in [7, 11) is 0. The zero-order valence-electron chi connectivity index (χ0n) is 15.2. The minimum absolute atomic E-state index is 0.0993. The third-order valence-corrected chi connectivity index (χ3v) is 4.60. The van der Waals surface area contributed by atoms with Gasteiger partial charge in [0.05, 0.1) is 12.6 Å². The van der Waals surface area contributed by atoms with Crippen LogP contribution in [0.1, 0.15) is 47.8 Å². The Kier molecular flexibility index (Phi) is 7.22. The lowest BCUT2D eigenvalue weighted by Crippen LogP contribution is -2.32. The number of hydrogen-bond donors (Lipinski definition) is 2. The van der Waals surface area contributed by atoms with Crippen LogP contribution in [0.15, 0.2) is 42.6 Å². The molecule has 1 aliphatic heterocycles. The zero-order chi connectivity index (χ0) is 18.0. The van der Waals surface area contributed by atoms with Crippen molar-refractivity contribution in [2.45, 2.75) is 38.3 Å². The first-order chi connectivity index (χ1) is 12.8. The molecule has 1 aliphatic rings. The number of ether oxygens (including phenoxy) is 1. The van der Waals surface area contributed by atoms with E-state index in [0.717, 1.165) is 38.8 Å². The maximum absolute atomic E-state index is 12.2. The molecule has 6 heteroatoms. The van der Waals surface area contributed by atoms with E-state index in [2.05, 4.69) is 27.9 Å². The number of carbonyl (C=O) groups is 1. The second-order valence-electron chi connectivity index (χ2n) is 6.68. The number of nitrogens with zero attached hydrogens (tertiary/aromatic N) is 2. The van der Waals surface area contributed by atoms with Gasteiger partial charge in [-0.3, -0.25) is 9.48 Å². The Morgan fingerprint density at radius 1 is 1.27 bits per heavy atom. The number of carbonyl (C=O) groups excluding carboxylic acids is 1. The first-order valence-electron chi connectivity index (χ1n) is 9.48. The van der Waals surface area contributed by atoms with E-state index in [4.69, 9.17) is 4.74 Å². The van der Waals surface area contributed by atoms with Crippen molar-refractivity contribution in [1.82, 2.24) is 20.4 Å². The second kappa shape index (κ2) is 10.1. The van der Waals surface area contributed by atoms with E-state index in [1.807, 2.05) is 29.1 Å². The number of unbranched alkanes of at least 4 members (excludes halogenated alkanes) is 1. The fourth-order valence-corrected chi connectivity index (χ4v) is 3.11. The average Bonchev–Trinajstić information content (AvgIpc) is 3.19. The average molecular weight is 356 g/mol. The van der Waals surface area contributed by atoms with E-state index < -0.39 is 0 Å². The predicted molar refractivity (Wildman–Crippen MR) is 101 cm³/mol. The summed E-state index contributed by atoms with van der Waals surface area (Å²) in [4.78, 5) is 12.2. The number of amides is 1. The third-order valence-electron chi connectivity index (χ3n) is 4.60. The molecule has 2 N–H and O–H groups in total. The maximum atomic E-state index is 12.2. The van der Waals surface area contributed by atoms with Crippen LogP contribution in [-0.2, 0) is 11.3 Å². The summed E-state index contributed by atoms with van der Waals surface area (Å²) in [5.41, 5.74) is 1.68. The summed E-state index contributed by atoms with van der Waals surface area (Å²) in [5.74, 6) is -0.0993. The highest BCUT2D eigenvalue weighted by atomic mass is 16.5. The van der Waals surface area contributed by atoms with E-state index in [9.17, 15) is 4.79 Å². The number of aromatic nitrogens is 2. The highest BCUT2D eigenvalue weighted by Crippen LogP contribution is 2.15. The SMILES string of the molecule is O=C(NCCCCOCc1ccccc1)c1ccn(C2CCCNC2)n1. The molecule has 1 aromatic carbocycles. The highest BCUT2D eigenvalue weighted by molar-refractivity contribution is 5.92. The minimum atomic E-state index is -0.0993. The summed E-state index contributed by atoms with van der Waals surface area (Å²) >= 11 is 0. The van der Waals surface area contributed by atoms with Gasteiger partial charge in [0.25, 0.3) is 5.91 Å². The molecule has 26 heavy (non-hydrogen) atoms. The van der Waals surface area contributed by atoms with Crippen molar-refractivity contribution >= 4 is 5.91 Å². The van der Waals surface area contributed by atoms with Crippen molar-refractivity contribution < 1.29 is 9.53 Å². The number of rotatable bonds is 9. The molecule has 1 fully saturated rings. The van der Waals surface area contributed by atoms with Crippen LogP contribution in [0.3, 0.4) is 0 Å². The van der Waals surface area contributed by atoms with Crippen LogP contribution < -0.4 is 10.6 Å². The molecule has 6 nitrogen and oxygen atoms in total. The van der Waals surface area contributed by atoms with Gasteiger partial charge in [-0.25, -0.2) is 0 Å². The number of nitrogens with one attached hydrogen (secondary N) is 2. The molecule has 1 unspecified atom stereocenters. The molecular weight excluding hydrogens is 328 g/mol. The van der Waals surface area contributed by atoms with Gasteiger partial charge in [-0.15, -0.1) is 0 Å². The molecular formula is C20H28N4O2. The lowest BCUT2D eigenvalue weighted by atomic mass is 10.1. The van der Waals surface area contributed by atoms with Gasteiger partial charge in [0, 0.05) is 25.9 Å². The van der Waals surface area contributed by atoms with Gasteiger partial charge in [-0.05, 0) is 43.9 Å². The Morgan fingerprint density at radius 3 is 2.96 bits per heavy atom. The summed E-state index contributed by atoms with van der Waals surface area (Å²) in [5, 5.41) is 10.7. The van der Waals surface area contributed by atoms with E-state index in [0.29, 0.717) is 31.5 Å². The molecule has 140 valence electrons. The molecule has 1 saturated heterocycles. The number of piperidine rings is 1. The van der Waals surface area contributed by atoms with E-state index in [-0.39, 0.29) is 5.91 Å². The molecule has 0 spiro atoms. The minimum Gasteiger partial charge on any atom is -0.377 e. The van der Waals surface area contributed by atoms with Crippen molar-refractivity contribution in [3.8, 4) is 0 Å². The molecule has 0 aliphatic carbocycles. The van der Waals surface area contributed by atoms with Gasteiger partial charge in [0.2, 0.25) is 0 Å². The number of hydrogen-bond acceptors (Lipinski definition) is 4. The maximum Gasteiger partial charge on any atom is 0.271 e. The van der Waals surface area contributed by atoms with Crippen molar-refractivity contribution in [3.05, 3.63) is 53.9 Å². The Labute approximate surface area is 154 Å². The van der Waals surface area contributed by atoms with Crippen molar-refractivity contribution in [3.63, 3.8) is 0 Å². The van der Waals surface area contributed by atoms with E-state index >= 15 is 0 Å². The lowest BCUT2D eigenvalue weighted by molar-refractivity contribution is 0.0939. The summed E-state index contributed by atoms with van der Waals surface area (Å²) in [6.07, 6.45) is 5.99. The molecule has 3 rings (SSSR count). The molecule has 0 saturated carbocycles. The van der Waals surface area contributed by atoms with Gasteiger partial charge in [0.1, 0.15) is 5.69 Å². The Morgan fingerprint density at radius 2 is 2.15 bits per heavy atom. The lowest BCUT2D eigenvalue weighted by Gasteiger charge is -2.22. The van der Waals surface area contributed by atoms with Gasteiger partial charge in [-0.2, -0.15) is 5.10 Å². The van der Waals surface area contributed by atoms with Crippen LogP contribution in [0.25, 0.3) is 0 Å². The van der Waals surface area contributed by atoms with Crippen molar-refractivity contribution in [1.29, 1.82) is 0 Å². The van der Waals surface area contributed by atoms with Crippen LogP contribution in [0.4, 0.5) is 0 Å². The normalized spacial score (nSPS) is 17.2. The standard InChI is InChI=1S/C20H28N4O2/c25-20(19-10-13-24(23-19)18-9-6-11-21-15-18)22-12-4-5-14-26-16-17-7-2-1-3-8-17/h1-3,7-8,10,13,18,21H,4-6,9,11-12,14-16H2,(H,22,25). The van der Waals surface area contributed by atoms with Gasteiger partial charge >= 0.3 is 0 Å². The summed E-state index contributed by atoms with van der Waals surface area (Å²) < 4.78 is 7.56. The topological polar surface area (TPSA) is 68.2 Å². The molecule has 0 bridgehead atoms. The number of benzene rings is 1. The highest BCUT2D eigenvalue weighted by Gasteiger charge is 2.17. The Bertz CT molecular complexity index is 665. The molecule has 1 amide bonds. The quantitative estimate of drug-likeness (QED) is 0.678. The van der Waals surface area contributed by atoms with E-state index in [1.165, 1.54) is 5.56 Å². The van der Waals surface area contributed by atoms with Crippen LogP contribution in [0.2, 0.25) is 0 Å². The van der Waals surface area contributed by atoms with Crippen molar-refractivity contribution in [2.75, 3.05) is 26.2 Å². The molecule has 2 heterocycles. The van der Waals surface area contributed by atoms with Gasteiger partial charge in [-0.1, -0.05) is 30.3 Å². The zero-order valence-corrected chi connectivity index (χ0v) is 15.2. The Hall–Kier alpha value is -2.18. The predicted octanol–water partition coefficient (Wildman–Crippen LogP) is 2.53. The molecule has 0 radical (unpaired) electrons. The molecule has 1 atom stereocenters. The van der Waals surface area contributed by atoms with E-state index in [1.54, 1.807) is 6.07 Å². The van der Waals surface area contributed by atoms with Crippen LogP contribution in [0.5, 0.6) is 0 Å². The molecule has 1 aromatic heterocycles. The van der Waals surface area contributed by atoms with Crippen LogP contribution in [-0.4, -0.2) is 41.9 Å². The summed E-state index contributed by atoms with van der Waals surface area (Å²) in [6, 6.07) is 12.3. The summed E-state index contributed by atoms with van der Waals surface area (Å²) in [6.45, 7) is 3.98. The Balaban J connectivity index is 1.29. The van der Waals surface area contributed by atoms with Crippen LogP contribution in [0, 0.1) is 0 Å². The monoisotopic (exact) mass is 356 g/mol. The fourth-order valence-electron chi connectivity index (χ4n) is 3.11. The third kappa shape index (κ3) is 5.68. The van der Waals surface area contributed by atoms with Crippen molar-refractivity contribution in [2.24, 2.45) is 0 Å². The second-order valence-corrected chi connectivity index (χ2v) is 6.68. The fraction of sp³-hybridized carbons (Fsp3) is 0.500. The van der Waals surface area contributed by atoms with Gasteiger partial charge < -0.3 is 15.4 Å². The van der Waals surface area contributed by atoms with Crippen LogP contribution >= 0.6 is 0 Å². The first-order valence-corrected chi connectivity index (χ1v) is 9.48. The molecule has 2 aromatic rings. The largest absolute Gasteiger partial charge is 0.377 e. The first kappa shape index (κ1) is 18.6. The smallest absolute Gasteiger partial charge is 0.271 e.